The number of nitrogens with one attached hydrogen (secondary N) is 2. The Kier molecular flexibility index (Phi) is 8.40. The third-order valence-corrected chi connectivity index (χ3v) is 4.35. The number of rotatable bonds is 10. The van der Waals surface area contributed by atoms with Gasteiger partial charge in [-0.3, -0.25) is 14.4 Å². The molecule has 0 bridgehead atoms. The number of hydrogen-bond acceptors (Lipinski definition) is 3. The Hall–Kier alpha value is -3.15. The summed E-state index contributed by atoms with van der Waals surface area (Å²) in [5.41, 5.74) is 3.85. The summed E-state index contributed by atoms with van der Waals surface area (Å²) in [4.78, 5) is 34.3. The minimum atomic E-state index is -1.08. The summed E-state index contributed by atoms with van der Waals surface area (Å²) in [6, 6.07) is 15.4. The standard InChI is InChI=1S/C23H28N2O4/c1-16(2)13-18-5-3-17(4-6-18)9-12-21(26)25-20-10-7-19(8-11-20)14-22(27)24-15-23(28)29/h3-8,10-11,16H,9,12-15H2,1-2H3,(H,24,27)(H,25,26)(H,28,29). The summed E-state index contributed by atoms with van der Waals surface area (Å²) in [5, 5.41) is 13.7. The zero-order chi connectivity index (χ0) is 21.2. The molecule has 2 rings (SSSR count). The van der Waals surface area contributed by atoms with Gasteiger partial charge in [-0.1, -0.05) is 50.2 Å². The topological polar surface area (TPSA) is 95.5 Å². The lowest BCUT2D eigenvalue weighted by Gasteiger charge is -2.08. The number of amides is 2. The highest BCUT2D eigenvalue weighted by atomic mass is 16.4. The van der Waals surface area contributed by atoms with Gasteiger partial charge in [-0.05, 0) is 47.6 Å². The van der Waals surface area contributed by atoms with E-state index in [1.54, 1.807) is 24.3 Å². The van der Waals surface area contributed by atoms with E-state index in [-0.39, 0.29) is 18.2 Å². The second-order valence-electron chi connectivity index (χ2n) is 7.51. The van der Waals surface area contributed by atoms with E-state index in [9.17, 15) is 14.4 Å². The first kappa shape index (κ1) is 22.1. The minimum absolute atomic E-state index is 0.0665. The van der Waals surface area contributed by atoms with E-state index in [4.69, 9.17) is 5.11 Å². The Balaban J connectivity index is 1.77. The molecule has 0 saturated heterocycles. The quantitative estimate of drug-likeness (QED) is 0.575. The molecule has 6 heteroatoms. The third-order valence-electron chi connectivity index (χ3n) is 4.35. The molecule has 0 spiro atoms. The first-order chi connectivity index (χ1) is 13.8. The molecule has 29 heavy (non-hydrogen) atoms. The number of carboxylic acids is 1. The fraction of sp³-hybridized carbons (Fsp3) is 0.348. The molecule has 2 aromatic carbocycles. The van der Waals surface area contributed by atoms with Crippen molar-refractivity contribution in [3.8, 4) is 0 Å². The van der Waals surface area contributed by atoms with Crippen LogP contribution in [-0.4, -0.2) is 29.4 Å². The van der Waals surface area contributed by atoms with E-state index in [2.05, 4.69) is 48.7 Å². The molecular formula is C23H28N2O4. The lowest BCUT2D eigenvalue weighted by atomic mass is 10.0. The fourth-order valence-corrected chi connectivity index (χ4v) is 2.92. The predicted molar refractivity (Wildman–Crippen MR) is 113 cm³/mol. The van der Waals surface area contributed by atoms with Crippen LogP contribution in [0.2, 0.25) is 0 Å². The van der Waals surface area contributed by atoms with Gasteiger partial charge in [0.15, 0.2) is 0 Å². The van der Waals surface area contributed by atoms with Gasteiger partial charge < -0.3 is 15.7 Å². The van der Waals surface area contributed by atoms with Gasteiger partial charge in [0.1, 0.15) is 6.54 Å². The van der Waals surface area contributed by atoms with Crippen LogP contribution in [0, 0.1) is 5.92 Å². The van der Waals surface area contributed by atoms with Crippen molar-refractivity contribution in [3.05, 3.63) is 65.2 Å². The summed E-state index contributed by atoms with van der Waals surface area (Å²) >= 11 is 0. The zero-order valence-corrected chi connectivity index (χ0v) is 16.9. The average Bonchev–Trinajstić information content (AvgIpc) is 2.67. The van der Waals surface area contributed by atoms with E-state index < -0.39 is 12.5 Å². The average molecular weight is 396 g/mol. The first-order valence-electron chi connectivity index (χ1n) is 9.77. The van der Waals surface area contributed by atoms with Crippen LogP contribution in [0.25, 0.3) is 0 Å². The minimum Gasteiger partial charge on any atom is -0.480 e. The van der Waals surface area contributed by atoms with Crippen LogP contribution in [0.15, 0.2) is 48.5 Å². The monoisotopic (exact) mass is 396 g/mol. The number of aryl methyl sites for hydroxylation is 1. The predicted octanol–water partition coefficient (Wildman–Crippen LogP) is 3.20. The van der Waals surface area contributed by atoms with Crippen LogP contribution in [0.5, 0.6) is 0 Å². The van der Waals surface area contributed by atoms with Gasteiger partial charge >= 0.3 is 5.97 Å². The highest BCUT2D eigenvalue weighted by molar-refractivity contribution is 5.91. The smallest absolute Gasteiger partial charge is 0.322 e. The molecule has 0 heterocycles. The maximum atomic E-state index is 12.2. The number of anilines is 1. The van der Waals surface area contributed by atoms with Crippen molar-refractivity contribution in [2.75, 3.05) is 11.9 Å². The number of carbonyl (C=O) groups is 3. The second kappa shape index (κ2) is 11.0. The van der Waals surface area contributed by atoms with Crippen molar-refractivity contribution < 1.29 is 19.5 Å². The Morgan fingerprint density at radius 1 is 0.862 bits per heavy atom. The molecule has 0 atom stereocenters. The summed E-state index contributed by atoms with van der Waals surface area (Å²) in [6.45, 7) is 3.99. The molecule has 6 nitrogen and oxygen atoms in total. The van der Waals surface area contributed by atoms with Gasteiger partial charge in [-0.25, -0.2) is 0 Å². The van der Waals surface area contributed by atoms with E-state index in [0.717, 1.165) is 17.5 Å². The Labute approximate surface area is 171 Å². The molecule has 0 saturated carbocycles. The Morgan fingerprint density at radius 3 is 2.03 bits per heavy atom. The summed E-state index contributed by atoms with van der Waals surface area (Å²) in [5.74, 6) is -0.883. The molecule has 0 aliphatic rings. The Bertz CT molecular complexity index is 827. The van der Waals surface area contributed by atoms with Crippen LogP contribution in [0.4, 0.5) is 5.69 Å². The van der Waals surface area contributed by atoms with Crippen LogP contribution in [-0.2, 0) is 33.6 Å². The molecule has 0 unspecified atom stereocenters. The molecule has 0 aliphatic heterocycles. The highest BCUT2D eigenvalue weighted by Gasteiger charge is 2.07. The zero-order valence-electron chi connectivity index (χ0n) is 16.9. The molecule has 2 amide bonds. The van der Waals surface area contributed by atoms with Gasteiger partial charge in [0.25, 0.3) is 0 Å². The van der Waals surface area contributed by atoms with Gasteiger partial charge in [-0.2, -0.15) is 0 Å². The van der Waals surface area contributed by atoms with Gasteiger partial charge in [0.05, 0.1) is 6.42 Å². The molecule has 3 N–H and O–H groups in total. The van der Waals surface area contributed by atoms with Crippen molar-refractivity contribution >= 4 is 23.5 Å². The SMILES string of the molecule is CC(C)Cc1ccc(CCC(=O)Nc2ccc(CC(=O)NCC(=O)O)cc2)cc1. The van der Waals surface area contributed by atoms with Crippen LogP contribution >= 0.6 is 0 Å². The maximum absolute atomic E-state index is 12.2. The lowest BCUT2D eigenvalue weighted by molar-refractivity contribution is -0.137. The van der Waals surface area contributed by atoms with Crippen LogP contribution < -0.4 is 10.6 Å². The van der Waals surface area contributed by atoms with Crippen molar-refractivity contribution in [2.24, 2.45) is 5.92 Å². The van der Waals surface area contributed by atoms with E-state index in [1.165, 1.54) is 5.56 Å². The molecule has 0 fully saturated rings. The molecule has 0 radical (unpaired) electrons. The molecule has 154 valence electrons. The largest absolute Gasteiger partial charge is 0.480 e. The number of carbonyl (C=O) groups excluding carboxylic acids is 2. The van der Waals surface area contributed by atoms with Crippen molar-refractivity contribution in [1.82, 2.24) is 5.32 Å². The third kappa shape index (κ3) is 8.60. The van der Waals surface area contributed by atoms with E-state index in [0.29, 0.717) is 24.4 Å². The fourth-order valence-electron chi connectivity index (χ4n) is 2.92. The lowest BCUT2D eigenvalue weighted by Crippen LogP contribution is -2.30. The first-order valence-corrected chi connectivity index (χ1v) is 9.77. The van der Waals surface area contributed by atoms with Gasteiger partial charge in [0.2, 0.25) is 11.8 Å². The number of carboxylic acid groups (broad SMARTS) is 1. The van der Waals surface area contributed by atoms with Crippen LogP contribution in [0.3, 0.4) is 0 Å². The van der Waals surface area contributed by atoms with E-state index >= 15 is 0 Å². The number of hydrogen-bond donors (Lipinski definition) is 3. The Morgan fingerprint density at radius 2 is 1.45 bits per heavy atom. The molecule has 2 aromatic rings. The van der Waals surface area contributed by atoms with Crippen molar-refractivity contribution in [1.29, 1.82) is 0 Å². The molecular weight excluding hydrogens is 368 g/mol. The number of benzene rings is 2. The molecule has 0 aliphatic carbocycles. The summed E-state index contributed by atoms with van der Waals surface area (Å²) < 4.78 is 0. The normalized spacial score (nSPS) is 10.6. The summed E-state index contributed by atoms with van der Waals surface area (Å²) in [7, 11) is 0. The second-order valence-corrected chi connectivity index (χ2v) is 7.51. The maximum Gasteiger partial charge on any atom is 0.322 e. The van der Waals surface area contributed by atoms with Crippen molar-refractivity contribution in [2.45, 2.75) is 39.5 Å². The summed E-state index contributed by atoms with van der Waals surface area (Å²) in [6.07, 6.45) is 2.21. The van der Waals surface area contributed by atoms with Crippen LogP contribution in [0.1, 0.15) is 37.0 Å². The molecule has 0 aromatic heterocycles. The van der Waals surface area contributed by atoms with Gasteiger partial charge in [0, 0.05) is 12.1 Å². The van der Waals surface area contributed by atoms with Gasteiger partial charge in [-0.15, -0.1) is 0 Å². The van der Waals surface area contributed by atoms with Crippen molar-refractivity contribution in [3.63, 3.8) is 0 Å². The van der Waals surface area contributed by atoms with E-state index in [1.807, 2.05) is 0 Å². The highest BCUT2D eigenvalue weighted by Crippen LogP contribution is 2.13. The number of aliphatic carboxylic acids is 1.